The normalized spacial score (nSPS) is 11.2. The highest BCUT2D eigenvalue weighted by molar-refractivity contribution is 6.30. The zero-order valence-electron chi connectivity index (χ0n) is 14.5. The van der Waals surface area contributed by atoms with Gasteiger partial charge in [-0.25, -0.2) is 4.98 Å². The van der Waals surface area contributed by atoms with Crippen LogP contribution in [0.5, 0.6) is 0 Å². The quantitative estimate of drug-likeness (QED) is 0.555. The van der Waals surface area contributed by atoms with Crippen LogP contribution in [0.4, 0.5) is 0 Å². The number of benzene rings is 1. The molecular weight excluding hydrogens is 366 g/mol. The van der Waals surface area contributed by atoms with Crippen molar-refractivity contribution in [1.82, 2.24) is 24.7 Å². The number of rotatable bonds is 5. The SMILES string of the molecule is Cc1[nH]cc2c(=O)n(-c3ccc(Cl)cc3)nc-2c1CC(=O)Cc1ncc[nH]1. The second-order valence-electron chi connectivity index (χ2n) is 6.28. The molecule has 8 heteroatoms. The lowest BCUT2D eigenvalue weighted by Gasteiger charge is -2.08. The average Bonchev–Trinajstić information content (AvgIpc) is 3.26. The summed E-state index contributed by atoms with van der Waals surface area (Å²) in [5.41, 5.74) is 2.86. The predicted octanol–water partition coefficient (Wildman–Crippen LogP) is 2.70. The highest BCUT2D eigenvalue weighted by Crippen LogP contribution is 2.24. The van der Waals surface area contributed by atoms with Gasteiger partial charge >= 0.3 is 0 Å². The number of halogens is 1. The fourth-order valence-corrected chi connectivity index (χ4v) is 3.15. The first-order chi connectivity index (χ1) is 13.0. The Morgan fingerprint density at radius 2 is 1.96 bits per heavy atom. The molecule has 2 aliphatic rings. The van der Waals surface area contributed by atoms with E-state index in [1.165, 1.54) is 4.68 Å². The van der Waals surface area contributed by atoms with Crippen LogP contribution in [0.15, 0.2) is 47.7 Å². The van der Waals surface area contributed by atoms with Crippen molar-refractivity contribution in [3.63, 3.8) is 0 Å². The number of carbonyl (C=O) groups excluding carboxylic acids is 1. The molecular formula is C19H16ClN5O2. The molecule has 0 amide bonds. The molecule has 0 radical (unpaired) electrons. The van der Waals surface area contributed by atoms with Gasteiger partial charge in [0, 0.05) is 41.3 Å². The summed E-state index contributed by atoms with van der Waals surface area (Å²) >= 11 is 5.92. The summed E-state index contributed by atoms with van der Waals surface area (Å²) in [6.07, 6.45) is 5.29. The molecule has 7 nitrogen and oxygen atoms in total. The lowest BCUT2D eigenvalue weighted by atomic mass is 10.00. The van der Waals surface area contributed by atoms with E-state index < -0.39 is 0 Å². The van der Waals surface area contributed by atoms with Crippen LogP contribution in [0.25, 0.3) is 16.9 Å². The fraction of sp³-hybridized carbons (Fsp3) is 0.158. The number of Topliss-reactive ketones (excluding diaryl/α,β-unsaturated/α-hetero) is 1. The minimum atomic E-state index is -0.247. The minimum absolute atomic E-state index is 0.0116. The monoisotopic (exact) mass is 381 g/mol. The van der Waals surface area contributed by atoms with Gasteiger partial charge in [-0.1, -0.05) is 11.6 Å². The Morgan fingerprint density at radius 3 is 2.67 bits per heavy atom. The molecule has 1 aromatic heterocycles. The molecule has 2 aromatic rings. The van der Waals surface area contributed by atoms with Crippen LogP contribution < -0.4 is 5.56 Å². The smallest absolute Gasteiger partial charge is 0.282 e. The van der Waals surface area contributed by atoms with E-state index in [1.54, 1.807) is 42.9 Å². The number of carbonyl (C=O) groups is 1. The standard InChI is InChI=1S/C19H16ClN5O2/c1-11-15(8-14(26)9-17-21-6-7-22-17)18-16(10-23-11)19(27)25(24-18)13-4-2-12(20)3-5-13/h2-7,10,23H,8-9H2,1H3,(H,21,22). The Morgan fingerprint density at radius 1 is 1.19 bits per heavy atom. The summed E-state index contributed by atoms with van der Waals surface area (Å²) in [5, 5.41) is 5.07. The summed E-state index contributed by atoms with van der Waals surface area (Å²) < 4.78 is 1.33. The lowest BCUT2D eigenvalue weighted by Crippen LogP contribution is -2.14. The van der Waals surface area contributed by atoms with Crippen molar-refractivity contribution in [2.24, 2.45) is 0 Å². The van der Waals surface area contributed by atoms with Crippen LogP contribution in [-0.2, 0) is 17.6 Å². The zero-order chi connectivity index (χ0) is 19.0. The van der Waals surface area contributed by atoms with Crippen LogP contribution in [0.2, 0.25) is 5.02 Å². The molecule has 0 saturated carbocycles. The van der Waals surface area contributed by atoms with E-state index in [0.717, 1.165) is 5.69 Å². The molecule has 4 rings (SSSR count). The molecule has 1 aromatic carbocycles. The molecule has 0 fully saturated rings. The van der Waals surface area contributed by atoms with Gasteiger partial charge in [0.2, 0.25) is 0 Å². The molecule has 0 saturated heterocycles. The summed E-state index contributed by atoms with van der Waals surface area (Å²) in [7, 11) is 0. The molecule has 2 aliphatic heterocycles. The second-order valence-corrected chi connectivity index (χ2v) is 6.71. The van der Waals surface area contributed by atoms with E-state index in [-0.39, 0.29) is 24.2 Å². The van der Waals surface area contributed by atoms with E-state index in [2.05, 4.69) is 20.1 Å². The third-order valence-electron chi connectivity index (χ3n) is 4.41. The number of aromatic amines is 2. The van der Waals surface area contributed by atoms with Crippen LogP contribution in [0.1, 0.15) is 17.1 Å². The van der Waals surface area contributed by atoms with E-state index in [4.69, 9.17) is 11.6 Å². The van der Waals surface area contributed by atoms with Gasteiger partial charge in [0.15, 0.2) is 0 Å². The lowest BCUT2D eigenvalue weighted by molar-refractivity contribution is -0.117. The summed E-state index contributed by atoms with van der Waals surface area (Å²) in [6.45, 7) is 1.86. The first-order valence-corrected chi connectivity index (χ1v) is 8.76. The highest BCUT2D eigenvalue weighted by Gasteiger charge is 2.23. The van der Waals surface area contributed by atoms with E-state index >= 15 is 0 Å². The molecule has 0 atom stereocenters. The number of H-pyrrole nitrogens is 2. The molecule has 3 heterocycles. The number of imidazole rings is 1. The number of ketones is 1. The first-order valence-electron chi connectivity index (χ1n) is 8.38. The summed E-state index contributed by atoms with van der Waals surface area (Å²) in [4.78, 5) is 35.3. The van der Waals surface area contributed by atoms with Crippen molar-refractivity contribution >= 4 is 17.4 Å². The van der Waals surface area contributed by atoms with Crippen molar-refractivity contribution < 1.29 is 4.79 Å². The molecule has 2 N–H and O–H groups in total. The number of pyridine rings is 1. The summed E-state index contributed by atoms with van der Waals surface area (Å²) in [5.74, 6) is 0.604. The molecule has 27 heavy (non-hydrogen) atoms. The Labute approximate surface area is 159 Å². The third kappa shape index (κ3) is 3.29. The van der Waals surface area contributed by atoms with Gasteiger partial charge in [-0.3, -0.25) is 9.59 Å². The van der Waals surface area contributed by atoms with Gasteiger partial charge in [-0.2, -0.15) is 9.78 Å². The van der Waals surface area contributed by atoms with E-state index in [1.807, 2.05) is 6.92 Å². The van der Waals surface area contributed by atoms with Gasteiger partial charge in [-0.05, 0) is 31.2 Å². The topological polar surface area (TPSA) is 96.4 Å². The third-order valence-corrected chi connectivity index (χ3v) is 4.67. The van der Waals surface area contributed by atoms with Crippen LogP contribution in [0, 0.1) is 6.92 Å². The van der Waals surface area contributed by atoms with Gasteiger partial charge in [-0.15, -0.1) is 0 Å². The van der Waals surface area contributed by atoms with Crippen molar-refractivity contribution in [1.29, 1.82) is 0 Å². The van der Waals surface area contributed by atoms with Crippen molar-refractivity contribution in [3.8, 4) is 16.9 Å². The van der Waals surface area contributed by atoms with Crippen molar-refractivity contribution in [2.45, 2.75) is 19.8 Å². The molecule has 0 unspecified atom stereocenters. The summed E-state index contributed by atoms with van der Waals surface area (Å²) in [6, 6.07) is 6.86. The highest BCUT2D eigenvalue weighted by atomic mass is 35.5. The van der Waals surface area contributed by atoms with Crippen LogP contribution >= 0.6 is 11.6 Å². The predicted molar refractivity (Wildman–Crippen MR) is 102 cm³/mol. The Balaban J connectivity index is 1.73. The molecule has 0 aliphatic carbocycles. The Hall–Kier alpha value is -3.19. The average molecular weight is 382 g/mol. The molecule has 136 valence electrons. The maximum atomic E-state index is 12.8. The largest absolute Gasteiger partial charge is 0.364 e. The van der Waals surface area contributed by atoms with Gasteiger partial charge in [0.1, 0.15) is 17.3 Å². The van der Waals surface area contributed by atoms with Gasteiger partial charge in [0.05, 0.1) is 17.7 Å². The fourth-order valence-electron chi connectivity index (χ4n) is 3.03. The van der Waals surface area contributed by atoms with Gasteiger partial charge < -0.3 is 9.97 Å². The maximum Gasteiger partial charge on any atom is 0.282 e. The number of nitrogens with one attached hydrogen (secondary N) is 2. The number of nitrogens with zero attached hydrogens (tertiary/aromatic N) is 3. The van der Waals surface area contributed by atoms with Crippen LogP contribution in [0.3, 0.4) is 0 Å². The molecule has 0 spiro atoms. The number of aromatic nitrogens is 5. The Bertz CT molecular complexity index is 1130. The number of hydrogen-bond donors (Lipinski definition) is 2. The van der Waals surface area contributed by atoms with Gasteiger partial charge in [0.25, 0.3) is 5.56 Å². The zero-order valence-corrected chi connectivity index (χ0v) is 15.2. The Kier molecular flexibility index (Phi) is 4.37. The molecule has 0 bridgehead atoms. The maximum absolute atomic E-state index is 12.8. The van der Waals surface area contributed by atoms with E-state index in [0.29, 0.717) is 33.4 Å². The minimum Gasteiger partial charge on any atom is -0.364 e. The number of hydrogen-bond acceptors (Lipinski definition) is 4. The van der Waals surface area contributed by atoms with Crippen molar-refractivity contribution in [3.05, 3.63) is 75.3 Å². The van der Waals surface area contributed by atoms with Crippen LogP contribution in [-0.4, -0.2) is 30.5 Å². The van der Waals surface area contributed by atoms with Crippen molar-refractivity contribution in [2.75, 3.05) is 0 Å². The van der Waals surface area contributed by atoms with E-state index in [9.17, 15) is 9.59 Å². The number of aryl methyl sites for hydroxylation is 1. The number of fused-ring (bicyclic) bond motifs is 1. The second kappa shape index (κ2) is 6.85. The first kappa shape index (κ1) is 17.2.